The first kappa shape index (κ1) is 29.9. The van der Waals surface area contributed by atoms with Crippen molar-refractivity contribution in [1.82, 2.24) is 5.32 Å². The number of hydrogen-bond acceptors (Lipinski definition) is 5. The number of nitrogens with zero attached hydrogens (tertiary/aromatic N) is 1. The first-order chi connectivity index (χ1) is 12.8. The summed E-state index contributed by atoms with van der Waals surface area (Å²) in [6.45, 7) is 5.07. The zero-order valence-electron chi connectivity index (χ0n) is 17.6. The van der Waals surface area contributed by atoms with Crippen molar-refractivity contribution in [2.24, 2.45) is 0 Å². The summed E-state index contributed by atoms with van der Waals surface area (Å²) in [4.78, 5) is 35.5. The minimum atomic E-state index is -1.34. The Kier molecular flexibility index (Phi) is 17.6. The SMILES string of the molecule is C/C=C/CCCC(=O)NCC[N+](CCO)(C(CC)C(=O)[O-])C(CC)C(=O)O.[K+]. The Hall–Kier alpha value is -0.294. The van der Waals surface area contributed by atoms with Gasteiger partial charge in [0.15, 0.2) is 6.04 Å². The molecule has 9 heteroatoms. The maximum absolute atomic E-state index is 12.0. The second-order valence-corrected chi connectivity index (χ2v) is 6.59. The molecule has 0 aliphatic rings. The number of hydrogen-bond donors (Lipinski definition) is 3. The molecule has 0 bridgehead atoms. The van der Waals surface area contributed by atoms with Gasteiger partial charge in [0, 0.05) is 19.3 Å². The Morgan fingerprint density at radius 2 is 1.75 bits per heavy atom. The molecule has 8 nitrogen and oxygen atoms in total. The van der Waals surface area contributed by atoms with Gasteiger partial charge in [-0.15, -0.1) is 0 Å². The number of amides is 1. The zero-order valence-corrected chi connectivity index (χ0v) is 20.8. The van der Waals surface area contributed by atoms with Crippen LogP contribution in [0.15, 0.2) is 12.2 Å². The van der Waals surface area contributed by atoms with Crippen molar-refractivity contribution in [2.75, 3.05) is 26.2 Å². The third-order valence-corrected chi connectivity index (χ3v) is 4.95. The van der Waals surface area contributed by atoms with E-state index in [9.17, 15) is 29.7 Å². The number of allylic oxidation sites excluding steroid dienone is 2. The number of rotatable bonds is 15. The normalized spacial score (nSPS) is 15.3. The average molecular weight is 426 g/mol. The molecule has 0 aliphatic carbocycles. The number of carbonyl (C=O) groups is 3. The Morgan fingerprint density at radius 1 is 1.14 bits per heavy atom. The molecule has 0 aromatic rings. The van der Waals surface area contributed by atoms with E-state index in [1.807, 2.05) is 19.1 Å². The summed E-state index contributed by atoms with van der Waals surface area (Å²) in [5, 5.41) is 33.6. The first-order valence-corrected chi connectivity index (χ1v) is 9.59. The van der Waals surface area contributed by atoms with E-state index in [-0.39, 0.29) is 101 Å². The molecule has 0 radical (unpaired) electrons. The fourth-order valence-corrected chi connectivity index (χ4v) is 3.68. The molecular formula is C19H34KN2O6+. The van der Waals surface area contributed by atoms with Crippen LogP contribution in [0.4, 0.5) is 0 Å². The number of aliphatic carboxylic acids is 2. The fourth-order valence-electron chi connectivity index (χ4n) is 3.68. The van der Waals surface area contributed by atoms with Gasteiger partial charge in [0.2, 0.25) is 5.91 Å². The van der Waals surface area contributed by atoms with Crippen LogP contribution in [0.1, 0.15) is 52.9 Å². The van der Waals surface area contributed by atoms with Crippen LogP contribution in [0, 0.1) is 0 Å². The van der Waals surface area contributed by atoms with Crippen LogP contribution in [0.25, 0.3) is 0 Å². The molecule has 0 aromatic carbocycles. The molecular weight excluding hydrogens is 391 g/mol. The van der Waals surface area contributed by atoms with Crippen LogP contribution >= 0.6 is 0 Å². The van der Waals surface area contributed by atoms with E-state index in [1.54, 1.807) is 13.8 Å². The van der Waals surface area contributed by atoms with Crippen molar-refractivity contribution in [3.8, 4) is 0 Å². The summed E-state index contributed by atoms with van der Waals surface area (Å²) in [5.41, 5.74) is 0. The number of aliphatic hydroxyl groups excluding tert-OH is 1. The van der Waals surface area contributed by atoms with Crippen molar-refractivity contribution in [3.63, 3.8) is 0 Å². The molecule has 1 amide bonds. The van der Waals surface area contributed by atoms with E-state index in [4.69, 9.17) is 0 Å². The average Bonchev–Trinajstić information content (AvgIpc) is 2.59. The standard InChI is InChI=1S/C19H34N2O6.K/c1-4-7-8-9-10-17(23)20-11-12-21(13-14-22,15(5-2)18(24)25)16(6-3)19(26)27;/h4,7,15-16,22H,5-6,8-14H2,1-3H3,(H2-,20,23,24,25,26,27);/q;+1/b7-4+;. The summed E-state index contributed by atoms with van der Waals surface area (Å²) < 4.78 is -0.347. The smallest absolute Gasteiger partial charge is 0.544 e. The number of quaternary nitrogens is 1. The van der Waals surface area contributed by atoms with Crippen LogP contribution in [-0.2, 0) is 14.4 Å². The molecule has 0 spiro atoms. The van der Waals surface area contributed by atoms with Gasteiger partial charge in [-0.1, -0.05) is 26.0 Å². The van der Waals surface area contributed by atoms with Crippen LogP contribution in [0.3, 0.4) is 0 Å². The minimum absolute atomic E-state index is 0. The van der Waals surface area contributed by atoms with E-state index < -0.39 is 24.0 Å². The van der Waals surface area contributed by atoms with Crippen LogP contribution in [0.2, 0.25) is 0 Å². The fraction of sp³-hybridized carbons (Fsp3) is 0.737. The topological polar surface area (TPSA) is 127 Å². The number of carboxylic acid groups (broad SMARTS) is 2. The maximum Gasteiger partial charge on any atom is 1.00 e. The summed E-state index contributed by atoms with van der Waals surface area (Å²) >= 11 is 0. The Bertz CT molecular complexity index is 491. The van der Waals surface area contributed by atoms with Crippen LogP contribution in [-0.4, -0.2) is 70.9 Å². The van der Waals surface area contributed by atoms with Gasteiger partial charge in [-0.2, -0.15) is 0 Å². The second-order valence-electron chi connectivity index (χ2n) is 6.59. The maximum atomic E-state index is 12.0. The zero-order chi connectivity index (χ0) is 20.9. The van der Waals surface area contributed by atoms with E-state index in [1.165, 1.54) is 0 Å². The Labute approximate surface area is 210 Å². The molecule has 156 valence electrons. The molecule has 0 heterocycles. The van der Waals surface area contributed by atoms with Crippen molar-refractivity contribution in [3.05, 3.63) is 12.2 Å². The summed E-state index contributed by atoms with van der Waals surface area (Å²) in [7, 11) is 0. The van der Waals surface area contributed by atoms with Crippen LogP contribution in [0.5, 0.6) is 0 Å². The van der Waals surface area contributed by atoms with Crippen molar-refractivity contribution >= 4 is 17.8 Å². The molecule has 0 aliphatic heterocycles. The number of carboxylic acids is 2. The second kappa shape index (κ2) is 16.5. The van der Waals surface area contributed by atoms with Crippen LogP contribution < -0.4 is 61.8 Å². The first-order valence-electron chi connectivity index (χ1n) is 9.59. The third-order valence-electron chi connectivity index (χ3n) is 4.95. The van der Waals surface area contributed by atoms with Gasteiger partial charge in [-0.05, 0) is 19.8 Å². The largest absolute Gasteiger partial charge is 1.00 e. The number of aliphatic hydroxyl groups is 1. The van der Waals surface area contributed by atoms with E-state index in [0.717, 1.165) is 6.42 Å². The number of unbranched alkanes of at least 4 members (excludes halogenated alkanes) is 1. The summed E-state index contributed by atoms with van der Waals surface area (Å²) in [6, 6.07) is -2.09. The summed E-state index contributed by atoms with van der Waals surface area (Å²) in [6.07, 6.45) is 6.11. The number of nitrogens with one attached hydrogen (secondary N) is 1. The quantitative estimate of drug-likeness (QED) is 0.111. The Balaban J connectivity index is 0. The van der Waals surface area contributed by atoms with Crippen molar-refractivity contribution in [2.45, 2.75) is 65.0 Å². The molecule has 0 aromatic heterocycles. The van der Waals surface area contributed by atoms with Gasteiger partial charge >= 0.3 is 57.4 Å². The monoisotopic (exact) mass is 425 g/mol. The molecule has 28 heavy (non-hydrogen) atoms. The predicted octanol–water partition coefficient (Wildman–Crippen LogP) is -2.95. The molecule has 0 fully saturated rings. The molecule has 0 rings (SSSR count). The van der Waals surface area contributed by atoms with Crippen molar-refractivity contribution in [1.29, 1.82) is 0 Å². The summed E-state index contributed by atoms with van der Waals surface area (Å²) in [5.74, 6) is -2.63. The predicted molar refractivity (Wildman–Crippen MR) is 99.6 cm³/mol. The number of carbonyl (C=O) groups excluding carboxylic acids is 2. The molecule has 3 atom stereocenters. The van der Waals surface area contributed by atoms with Gasteiger partial charge in [0.05, 0.1) is 25.7 Å². The van der Waals surface area contributed by atoms with E-state index in [0.29, 0.717) is 12.8 Å². The van der Waals surface area contributed by atoms with Gasteiger partial charge in [-0.3, -0.25) is 4.79 Å². The Morgan fingerprint density at radius 3 is 2.18 bits per heavy atom. The van der Waals surface area contributed by atoms with Gasteiger partial charge in [0.1, 0.15) is 12.6 Å². The molecule has 0 saturated heterocycles. The van der Waals surface area contributed by atoms with Crippen molar-refractivity contribution < 1.29 is 85.6 Å². The molecule has 3 unspecified atom stereocenters. The minimum Gasteiger partial charge on any atom is -0.544 e. The molecule has 0 saturated carbocycles. The van der Waals surface area contributed by atoms with E-state index >= 15 is 0 Å². The van der Waals surface area contributed by atoms with Gasteiger partial charge in [0.25, 0.3) is 0 Å². The van der Waals surface area contributed by atoms with Gasteiger partial charge < -0.3 is 29.9 Å². The van der Waals surface area contributed by atoms with E-state index in [2.05, 4.69) is 5.32 Å². The third kappa shape index (κ3) is 9.47. The molecule has 3 N–H and O–H groups in total. The van der Waals surface area contributed by atoms with Gasteiger partial charge in [-0.25, -0.2) is 4.79 Å².